The summed E-state index contributed by atoms with van der Waals surface area (Å²) in [4.78, 5) is 11.6. The maximum absolute atomic E-state index is 11.6. The fourth-order valence-corrected chi connectivity index (χ4v) is 1.58. The molecule has 0 aromatic heterocycles. The Morgan fingerprint density at radius 1 is 1.29 bits per heavy atom. The summed E-state index contributed by atoms with van der Waals surface area (Å²) in [5, 5.41) is 0. The highest BCUT2D eigenvalue weighted by Crippen LogP contribution is 2.32. The van der Waals surface area contributed by atoms with Crippen LogP contribution in [0.4, 0.5) is 0 Å². The molecule has 0 N–H and O–H groups in total. The Bertz CT molecular complexity index is 433. The van der Waals surface area contributed by atoms with E-state index in [1.807, 2.05) is 12.1 Å². The van der Waals surface area contributed by atoms with Crippen LogP contribution in [-0.4, -0.2) is 7.11 Å². The van der Waals surface area contributed by atoms with Crippen molar-refractivity contribution in [2.45, 2.75) is 12.8 Å². The van der Waals surface area contributed by atoms with E-state index < -0.39 is 0 Å². The van der Waals surface area contributed by atoms with Crippen LogP contribution in [0.3, 0.4) is 0 Å². The van der Waals surface area contributed by atoms with Crippen molar-refractivity contribution in [3.05, 3.63) is 46.1 Å². The van der Waals surface area contributed by atoms with Gasteiger partial charge in [-0.25, -0.2) is 0 Å². The smallest absolute Gasteiger partial charge is 0.220 e. The molecule has 1 aliphatic carbocycles. The molecule has 1 aliphatic rings. The van der Waals surface area contributed by atoms with Crippen LogP contribution in [0.1, 0.15) is 18.4 Å². The number of hydrogen-bond donors (Lipinski definition) is 0. The third-order valence-corrected chi connectivity index (χ3v) is 2.44. The molecular formula is C12H12O2. The van der Waals surface area contributed by atoms with Gasteiger partial charge < -0.3 is 4.74 Å². The van der Waals surface area contributed by atoms with Crippen molar-refractivity contribution in [2.75, 3.05) is 7.11 Å². The highest BCUT2D eigenvalue weighted by atomic mass is 16.5. The maximum Gasteiger partial charge on any atom is 0.220 e. The molecule has 0 atom stereocenters. The normalized spacial score (nSPS) is 14.2. The number of allylic oxidation sites excluding steroid dienone is 2. The molecule has 1 aromatic rings. The monoisotopic (exact) mass is 188 g/mol. The van der Waals surface area contributed by atoms with Crippen molar-refractivity contribution in [2.24, 2.45) is 0 Å². The minimum atomic E-state index is -0.0553. The first-order valence-corrected chi connectivity index (χ1v) is 4.69. The number of ether oxygens (including phenoxy) is 1. The third kappa shape index (κ3) is 1.43. The van der Waals surface area contributed by atoms with Gasteiger partial charge in [-0.15, -0.1) is 0 Å². The predicted octanol–water partition coefficient (Wildman–Crippen LogP) is 2.23. The van der Waals surface area contributed by atoms with E-state index in [0.717, 1.165) is 18.4 Å². The summed E-state index contributed by atoms with van der Waals surface area (Å²) in [7, 11) is 1.54. The van der Waals surface area contributed by atoms with Gasteiger partial charge in [-0.3, -0.25) is 4.79 Å². The Kier molecular flexibility index (Phi) is 2.35. The van der Waals surface area contributed by atoms with E-state index in [2.05, 4.69) is 6.08 Å². The lowest BCUT2D eigenvalue weighted by atomic mass is 9.92. The lowest BCUT2D eigenvalue weighted by Crippen LogP contribution is -2.05. The molecule has 0 heterocycles. The Hall–Kier alpha value is -1.57. The van der Waals surface area contributed by atoms with Crippen LogP contribution in [-0.2, 0) is 0 Å². The quantitative estimate of drug-likeness (QED) is 0.711. The second-order valence-corrected chi connectivity index (χ2v) is 3.30. The molecule has 72 valence electrons. The summed E-state index contributed by atoms with van der Waals surface area (Å²) >= 11 is 0. The summed E-state index contributed by atoms with van der Waals surface area (Å²) in [6.07, 6.45) is 4.28. The highest BCUT2D eigenvalue weighted by molar-refractivity contribution is 5.73. The van der Waals surface area contributed by atoms with E-state index in [9.17, 15) is 4.79 Å². The van der Waals surface area contributed by atoms with Crippen LogP contribution in [0.15, 0.2) is 35.1 Å². The summed E-state index contributed by atoms with van der Waals surface area (Å²) < 4.78 is 5.14. The molecule has 2 heteroatoms. The van der Waals surface area contributed by atoms with Crippen LogP contribution in [0.25, 0.3) is 5.57 Å². The van der Waals surface area contributed by atoms with Crippen molar-refractivity contribution >= 4 is 5.57 Å². The first kappa shape index (κ1) is 9.00. The number of methoxy groups -OCH3 is 1. The van der Waals surface area contributed by atoms with Crippen molar-refractivity contribution in [1.29, 1.82) is 0 Å². The largest absolute Gasteiger partial charge is 0.492 e. The first-order valence-electron chi connectivity index (χ1n) is 4.69. The molecule has 1 aromatic carbocycles. The van der Waals surface area contributed by atoms with Gasteiger partial charge in [0.1, 0.15) is 0 Å². The number of rotatable bonds is 2. The van der Waals surface area contributed by atoms with E-state index in [1.165, 1.54) is 11.6 Å². The molecule has 0 aliphatic heterocycles. The predicted molar refractivity (Wildman–Crippen MR) is 56.5 cm³/mol. The maximum atomic E-state index is 11.6. The van der Waals surface area contributed by atoms with E-state index >= 15 is 0 Å². The van der Waals surface area contributed by atoms with Crippen molar-refractivity contribution in [3.8, 4) is 5.75 Å². The minimum Gasteiger partial charge on any atom is -0.492 e. The molecular weight excluding hydrogens is 176 g/mol. The molecule has 0 spiro atoms. The van der Waals surface area contributed by atoms with Gasteiger partial charge in [-0.05, 0) is 24.5 Å². The SMILES string of the molecule is COc1c(C2=CCC2)ccccc1=O. The Labute approximate surface area is 82.8 Å². The van der Waals surface area contributed by atoms with Crippen LogP contribution in [0, 0.1) is 0 Å². The second kappa shape index (κ2) is 3.66. The number of hydrogen-bond acceptors (Lipinski definition) is 2. The van der Waals surface area contributed by atoms with Gasteiger partial charge in [-0.1, -0.05) is 24.3 Å². The van der Waals surface area contributed by atoms with E-state index in [4.69, 9.17) is 4.74 Å². The van der Waals surface area contributed by atoms with Gasteiger partial charge in [0, 0.05) is 5.56 Å². The van der Waals surface area contributed by atoms with E-state index in [1.54, 1.807) is 13.2 Å². The molecule has 0 bridgehead atoms. The molecule has 0 radical (unpaired) electrons. The van der Waals surface area contributed by atoms with Crippen LogP contribution in [0.5, 0.6) is 5.75 Å². The fraction of sp³-hybridized carbons (Fsp3) is 0.250. The van der Waals surface area contributed by atoms with Crippen molar-refractivity contribution in [1.82, 2.24) is 0 Å². The van der Waals surface area contributed by atoms with Gasteiger partial charge >= 0.3 is 0 Å². The van der Waals surface area contributed by atoms with E-state index in [-0.39, 0.29) is 5.43 Å². The molecule has 0 unspecified atom stereocenters. The van der Waals surface area contributed by atoms with Crippen molar-refractivity contribution in [3.63, 3.8) is 0 Å². The Balaban J connectivity index is 2.64. The average molecular weight is 188 g/mol. The molecule has 14 heavy (non-hydrogen) atoms. The standard InChI is InChI=1S/C12H12O2/c1-14-12-10(9-5-4-6-9)7-2-3-8-11(12)13/h2-3,5,7-8H,4,6H2,1H3. The summed E-state index contributed by atoms with van der Waals surface area (Å²) in [6.45, 7) is 0. The molecule has 0 saturated heterocycles. The summed E-state index contributed by atoms with van der Waals surface area (Å²) in [5.41, 5.74) is 2.10. The zero-order valence-electron chi connectivity index (χ0n) is 8.12. The lowest BCUT2D eigenvalue weighted by Gasteiger charge is -2.15. The van der Waals surface area contributed by atoms with Crippen LogP contribution < -0.4 is 10.2 Å². The van der Waals surface area contributed by atoms with E-state index in [0.29, 0.717) is 5.75 Å². The molecule has 2 rings (SSSR count). The third-order valence-electron chi connectivity index (χ3n) is 2.44. The zero-order chi connectivity index (χ0) is 9.97. The van der Waals surface area contributed by atoms with Gasteiger partial charge in [-0.2, -0.15) is 0 Å². The second-order valence-electron chi connectivity index (χ2n) is 3.30. The van der Waals surface area contributed by atoms with Gasteiger partial charge in [0.25, 0.3) is 0 Å². The summed E-state index contributed by atoms with van der Waals surface area (Å²) in [5.74, 6) is 0.459. The van der Waals surface area contributed by atoms with Crippen LogP contribution in [0.2, 0.25) is 0 Å². The highest BCUT2D eigenvalue weighted by Gasteiger charge is 2.13. The molecule has 2 nitrogen and oxygen atoms in total. The molecule has 0 saturated carbocycles. The van der Waals surface area contributed by atoms with Crippen LogP contribution >= 0.6 is 0 Å². The first-order chi connectivity index (χ1) is 6.83. The fourth-order valence-electron chi connectivity index (χ4n) is 1.58. The molecule has 0 fully saturated rings. The summed E-state index contributed by atoms with van der Waals surface area (Å²) in [6, 6.07) is 7.08. The lowest BCUT2D eigenvalue weighted by molar-refractivity contribution is 0.410. The minimum absolute atomic E-state index is 0.0553. The average Bonchev–Trinajstić information content (AvgIpc) is 2.25. The zero-order valence-corrected chi connectivity index (χ0v) is 8.12. The Morgan fingerprint density at radius 2 is 2.00 bits per heavy atom. The Morgan fingerprint density at radius 3 is 2.57 bits per heavy atom. The van der Waals surface area contributed by atoms with Gasteiger partial charge in [0.2, 0.25) is 5.43 Å². The van der Waals surface area contributed by atoms with Crippen molar-refractivity contribution < 1.29 is 4.74 Å². The van der Waals surface area contributed by atoms with Gasteiger partial charge in [0.15, 0.2) is 5.75 Å². The molecule has 0 amide bonds. The van der Waals surface area contributed by atoms with Gasteiger partial charge in [0.05, 0.1) is 7.11 Å². The topological polar surface area (TPSA) is 26.3 Å².